The Hall–Kier alpha value is -3.02. The van der Waals surface area contributed by atoms with Gasteiger partial charge in [-0.2, -0.15) is 0 Å². The number of carbonyl (C=O) groups excluding carboxylic acids is 2. The monoisotopic (exact) mass is 286 g/mol. The number of imide groups is 1. The fourth-order valence-corrected chi connectivity index (χ4v) is 1.70. The maximum Gasteiger partial charge on any atom is 0.262 e. The Balaban J connectivity index is 2.18. The summed E-state index contributed by atoms with van der Waals surface area (Å²) in [6.07, 6.45) is 0. The standard InChI is InChI=1S/C15H14N2O4/c1-21-11-6-7-13(18)12(8-11)15(20)17-14(19)9-2-4-10(16)5-3-9/h2-8,18H,16H2,1H3,(H,17,19,20). The van der Waals surface area contributed by atoms with Crippen molar-refractivity contribution in [2.45, 2.75) is 0 Å². The molecule has 0 bridgehead atoms. The molecule has 2 amide bonds. The molecule has 0 aliphatic heterocycles. The average molecular weight is 286 g/mol. The molecule has 2 rings (SSSR count). The van der Waals surface area contributed by atoms with Crippen molar-refractivity contribution in [2.24, 2.45) is 0 Å². The van der Waals surface area contributed by atoms with Gasteiger partial charge < -0.3 is 15.6 Å². The molecule has 4 N–H and O–H groups in total. The molecule has 0 unspecified atom stereocenters. The lowest BCUT2D eigenvalue weighted by Crippen LogP contribution is -2.30. The van der Waals surface area contributed by atoms with Crippen LogP contribution in [0.25, 0.3) is 0 Å². The number of hydrogen-bond acceptors (Lipinski definition) is 5. The summed E-state index contributed by atoms with van der Waals surface area (Å²) in [5.74, 6) is -1.13. The normalized spacial score (nSPS) is 9.95. The highest BCUT2D eigenvalue weighted by atomic mass is 16.5. The third kappa shape index (κ3) is 3.30. The van der Waals surface area contributed by atoms with Crippen LogP contribution in [0.15, 0.2) is 42.5 Å². The van der Waals surface area contributed by atoms with Crippen LogP contribution in [-0.4, -0.2) is 24.0 Å². The van der Waals surface area contributed by atoms with E-state index in [0.29, 0.717) is 17.0 Å². The Labute approximate surface area is 121 Å². The SMILES string of the molecule is COc1ccc(O)c(C(=O)NC(=O)c2ccc(N)cc2)c1. The van der Waals surface area contributed by atoms with E-state index >= 15 is 0 Å². The number of benzene rings is 2. The van der Waals surface area contributed by atoms with Gasteiger partial charge in [-0.3, -0.25) is 14.9 Å². The van der Waals surface area contributed by atoms with Gasteiger partial charge in [0.2, 0.25) is 0 Å². The number of nitrogens with two attached hydrogens (primary N) is 1. The van der Waals surface area contributed by atoms with E-state index in [1.54, 1.807) is 12.1 Å². The number of methoxy groups -OCH3 is 1. The van der Waals surface area contributed by atoms with Crippen LogP contribution in [0.5, 0.6) is 11.5 Å². The molecule has 6 nitrogen and oxygen atoms in total. The van der Waals surface area contributed by atoms with Crippen LogP contribution >= 0.6 is 0 Å². The Morgan fingerprint density at radius 2 is 1.76 bits per heavy atom. The minimum atomic E-state index is -0.715. The number of anilines is 1. The summed E-state index contributed by atoms with van der Waals surface area (Å²) in [4.78, 5) is 23.9. The minimum absolute atomic E-state index is 0.0434. The summed E-state index contributed by atoms with van der Waals surface area (Å²) >= 11 is 0. The fraction of sp³-hybridized carbons (Fsp3) is 0.0667. The number of phenols is 1. The van der Waals surface area contributed by atoms with E-state index in [4.69, 9.17) is 10.5 Å². The van der Waals surface area contributed by atoms with E-state index in [-0.39, 0.29) is 11.3 Å². The molecule has 2 aromatic carbocycles. The van der Waals surface area contributed by atoms with Gasteiger partial charge in [0.05, 0.1) is 12.7 Å². The highest BCUT2D eigenvalue weighted by molar-refractivity contribution is 6.11. The third-order valence-corrected chi connectivity index (χ3v) is 2.85. The van der Waals surface area contributed by atoms with Crippen molar-refractivity contribution in [3.8, 4) is 11.5 Å². The third-order valence-electron chi connectivity index (χ3n) is 2.85. The summed E-state index contributed by atoms with van der Waals surface area (Å²) in [6, 6.07) is 10.3. The molecular weight excluding hydrogens is 272 g/mol. The van der Waals surface area contributed by atoms with Gasteiger partial charge in [-0.15, -0.1) is 0 Å². The highest BCUT2D eigenvalue weighted by Gasteiger charge is 2.16. The number of aromatic hydroxyl groups is 1. The molecule has 0 aromatic heterocycles. The van der Waals surface area contributed by atoms with Crippen molar-refractivity contribution < 1.29 is 19.4 Å². The number of nitrogen functional groups attached to an aromatic ring is 1. The van der Waals surface area contributed by atoms with Gasteiger partial charge in [-0.25, -0.2) is 0 Å². The topological polar surface area (TPSA) is 102 Å². The zero-order valence-corrected chi connectivity index (χ0v) is 11.3. The molecule has 0 spiro atoms. The second-order valence-electron chi connectivity index (χ2n) is 4.29. The molecule has 0 aliphatic rings. The number of nitrogens with one attached hydrogen (secondary N) is 1. The summed E-state index contributed by atoms with van der Waals surface area (Å²) < 4.78 is 4.97. The van der Waals surface area contributed by atoms with Gasteiger partial charge in [-0.1, -0.05) is 0 Å². The molecule has 108 valence electrons. The quantitative estimate of drug-likeness (QED) is 0.587. The molecule has 0 saturated heterocycles. The van der Waals surface area contributed by atoms with Crippen LogP contribution in [0, 0.1) is 0 Å². The van der Waals surface area contributed by atoms with Gasteiger partial charge in [-0.05, 0) is 42.5 Å². The van der Waals surface area contributed by atoms with Gasteiger partial charge >= 0.3 is 0 Å². The second kappa shape index (κ2) is 5.96. The van der Waals surface area contributed by atoms with Crippen LogP contribution in [0.2, 0.25) is 0 Å². The van der Waals surface area contributed by atoms with Crippen molar-refractivity contribution in [3.63, 3.8) is 0 Å². The number of carbonyl (C=O) groups is 2. The Kier molecular flexibility index (Phi) is 4.08. The van der Waals surface area contributed by atoms with Gasteiger partial charge in [0.25, 0.3) is 11.8 Å². The molecule has 0 atom stereocenters. The molecule has 21 heavy (non-hydrogen) atoms. The van der Waals surface area contributed by atoms with Crippen LogP contribution in [0.1, 0.15) is 20.7 Å². The molecular formula is C15H14N2O4. The smallest absolute Gasteiger partial charge is 0.262 e. The zero-order valence-electron chi connectivity index (χ0n) is 11.3. The Morgan fingerprint density at radius 3 is 2.38 bits per heavy atom. The summed E-state index contributed by atoms with van der Waals surface area (Å²) in [6.45, 7) is 0. The first-order valence-corrected chi connectivity index (χ1v) is 6.09. The Morgan fingerprint density at radius 1 is 1.10 bits per heavy atom. The molecule has 0 heterocycles. The molecule has 6 heteroatoms. The Bertz CT molecular complexity index is 681. The maximum atomic E-state index is 12.0. The van der Waals surface area contributed by atoms with E-state index in [2.05, 4.69) is 5.32 Å². The number of hydrogen-bond donors (Lipinski definition) is 3. The molecule has 0 radical (unpaired) electrons. The molecule has 0 aliphatic carbocycles. The largest absolute Gasteiger partial charge is 0.507 e. The molecule has 0 saturated carbocycles. The number of rotatable bonds is 3. The zero-order chi connectivity index (χ0) is 15.4. The van der Waals surface area contributed by atoms with Gasteiger partial charge in [0.15, 0.2) is 0 Å². The predicted octanol–water partition coefficient (Wildman–Crippen LogP) is 1.55. The average Bonchev–Trinajstić information content (AvgIpc) is 2.48. The van der Waals surface area contributed by atoms with Gasteiger partial charge in [0, 0.05) is 11.3 Å². The van der Waals surface area contributed by atoms with E-state index < -0.39 is 11.8 Å². The van der Waals surface area contributed by atoms with Crippen molar-refractivity contribution in [2.75, 3.05) is 12.8 Å². The van der Waals surface area contributed by atoms with Gasteiger partial charge in [0.1, 0.15) is 11.5 Å². The van der Waals surface area contributed by atoms with Crippen molar-refractivity contribution in [3.05, 3.63) is 53.6 Å². The second-order valence-corrected chi connectivity index (χ2v) is 4.29. The lowest BCUT2D eigenvalue weighted by Gasteiger charge is -2.08. The lowest BCUT2D eigenvalue weighted by molar-refractivity contribution is 0.0848. The summed E-state index contributed by atoms with van der Waals surface area (Å²) in [7, 11) is 1.44. The number of phenolic OH excluding ortho intramolecular Hbond substituents is 1. The highest BCUT2D eigenvalue weighted by Crippen LogP contribution is 2.22. The van der Waals surface area contributed by atoms with Crippen LogP contribution in [0.3, 0.4) is 0 Å². The number of amides is 2. The fourth-order valence-electron chi connectivity index (χ4n) is 1.70. The van der Waals surface area contributed by atoms with Crippen LogP contribution in [-0.2, 0) is 0 Å². The van der Waals surface area contributed by atoms with E-state index in [0.717, 1.165) is 0 Å². The minimum Gasteiger partial charge on any atom is -0.507 e. The molecule has 0 fully saturated rings. The van der Waals surface area contributed by atoms with E-state index in [1.165, 1.54) is 37.4 Å². The van der Waals surface area contributed by atoms with E-state index in [9.17, 15) is 14.7 Å². The van der Waals surface area contributed by atoms with Crippen LogP contribution in [0.4, 0.5) is 5.69 Å². The first-order chi connectivity index (χ1) is 10.0. The van der Waals surface area contributed by atoms with Crippen LogP contribution < -0.4 is 15.8 Å². The first-order valence-electron chi connectivity index (χ1n) is 6.09. The summed E-state index contributed by atoms with van der Waals surface area (Å²) in [5, 5.41) is 11.9. The van der Waals surface area contributed by atoms with Crippen molar-refractivity contribution in [1.29, 1.82) is 0 Å². The lowest BCUT2D eigenvalue weighted by atomic mass is 10.1. The maximum absolute atomic E-state index is 12.0. The summed E-state index contributed by atoms with van der Waals surface area (Å²) in [5.41, 5.74) is 6.29. The van der Waals surface area contributed by atoms with Crippen molar-refractivity contribution in [1.82, 2.24) is 5.32 Å². The number of ether oxygens (including phenoxy) is 1. The predicted molar refractivity (Wildman–Crippen MR) is 77.3 cm³/mol. The first kappa shape index (κ1) is 14.4. The molecule has 2 aromatic rings. The van der Waals surface area contributed by atoms with E-state index in [1.807, 2.05) is 0 Å². The van der Waals surface area contributed by atoms with Crippen molar-refractivity contribution >= 4 is 17.5 Å².